The van der Waals surface area contributed by atoms with Crippen LogP contribution in [0.5, 0.6) is 0 Å². The number of sulfonamides is 1. The van der Waals surface area contributed by atoms with Crippen molar-refractivity contribution in [3.8, 4) is 0 Å². The number of piperidine rings is 1. The highest BCUT2D eigenvalue weighted by Crippen LogP contribution is 2.27. The topological polar surface area (TPSA) is 92.8 Å². The number of carbonyl (C=O) groups is 2. The summed E-state index contributed by atoms with van der Waals surface area (Å²) in [4.78, 5) is 24.7. The van der Waals surface area contributed by atoms with Crippen LogP contribution in [-0.2, 0) is 19.6 Å². The Morgan fingerprint density at radius 1 is 1.00 bits per heavy atom. The monoisotopic (exact) mass is 458 g/mol. The van der Waals surface area contributed by atoms with E-state index in [2.05, 4.69) is 5.32 Å². The fourth-order valence-electron chi connectivity index (χ4n) is 4.12. The maximum absolute atomic E-state index is 13.0. The van der Waals surface area contributed by atoms with Gasteiger partial charge in [-0.05, 0) is 67.5 Å². The van der Waals surface area contributed by atoms with Crippen LogP contribution in [0.15, 0.2) is 47.4 Å². The zero-order chi connectivity index (χ0) is 23.5. The average Bonchev–Trinajstić information content (AvgIpc) is 2.74. The standard InChI is InChI=1S/C24H30N2O5S/c1-16-12-17(2)14-26(13-16)32(29,30)21-10-8-20(9-11-21)24(28)31-15-22(27)25-23-18(3)6-5-7-19(23)4/h5-11,16-17H,12-15H2,1-4H3,(H,25,27). The number of hydrogen-bond donors (Lipinski definition) is 1. The number of nitrogens with zero attached hydrogens (tertiary/aromatic N) is 1. The first kappa shape index (κ1) is 23.9. The minimum atomic E-state index is -3.62. The molecule has 1 fully saturated rings. The molecule has 0 saturated carbocycles. The lowest BCUT2D eigenvalue weighted by Crippen LogP contribution is -2.42. The van der Waals surface area contributed by atoms with E-state index in [0.717, 1.165) is 17.5 Å². The lowest BCUT2D eigenvalue weighted by molar-refractivity contribution is -0.119. The van der Waals surface area contributed by atoms with Crippen LogP contribution in [0.1, 0.15) is 41.8 Å². The Kier molecular flexibility index (Phi) is 7.36. The summed E-state index contributed by atoms with van der Waals surface area (Å²) in [5, 5.41) is 2.76. The highest BCUT2D eigenvalue weighted by molar-refractivity contribution is 7.89. The van der Waals surface area contributed by atoms with Gasteiger partial charge in [-0.1, -0.05) is 32.0 Å². The number of hydrogen-bond acceptors (Lipinski definition) is 5. The number of esters is 1. The van der Waals surface area contributed by atoms with Crippen LogP contribution in [0.3, 0.4) is 0 Å². The molecule has 0 aliphatic carbocycles. The molecule has 1 heterocycles. The van der Waals surface area contributed by atoms with Gasteiger partial charge in [0.25, 0.3) is 5.91 Å². The summed E-state index contributed by atoms with van der Waals surface area (Å²) in [6.45, 7) is 8.42. The van der Waals surface area contributed by atoms with Crippen LogP contribution in [0, 0.1) is 25.7 Å². The predicted molar refractivity (Wildman–Crippen MR) is 123 cm³/mol. The molecule has 0 bridgehead atoms. The Labute approximate surface area is 189 Å². The highest BCUT2D eigenvalue weighted by Gasteiger charge is 2.31. The summed E-state index contributed by atoms with van der Waals surface area (Å²) in [5.41, 5.74) is 2.71. The van der Waals surface area contributed by atoms with Crippen molar-refractivity contribution >= 4 is 27.6 Å². The van der Waals surface area contributed by atoms with Gasteiger partial charge in [-0.15, -0.1) is 0 Å². The van der Waals surface area contributed by atoms with Gasteiger partial charge >= 0.3 is 5.97 Å². The summed E-state index contributed by atoms with van der Waals surface area (Å²) in [6.07, 6.45) is 1.01. The molecule has 1 aliphatic heterocycles. The van der Waals surface area contributed by atoms with Crippen LogP contribution in [0.25, 0.3) is 0 Å². The highest BCUT2D eigenvalue weighted by atomic mass is 32.2. The number of para-hydroxylation sites is 1. The molecular formula is C24H30N2O5S. The van der Waals surface area contributed by atoms with E-state index in [9.17, 15) is 18.0 Å². The van der Waals surface area contributed by atoms with Crippen LogP contribution >= 0.6 is 0 Å². The first-order valence-corrected chi connectivity index (χ1v) is 12.2. The summed E-state index contributed by atoms with van der Waals surface area (Å²) in [6, 6.07) is 11.3. The summed E-state index contributed by atoms with van der Waals surface area (Å²) < 4.78 is 32.5. The van der Waals surface area contributed by atoms with E-state index in [0.29, 0.717) is 30.6 Å². The lowest BCUT2D eigenvalue weighted by Gasteiger charge is -2.34. The van der Waals surface area contributed by atoms with Crippen molar-refractivity contribution in [1.82, 2.24) is 4.31 Å². The van der Waals surface area contributed by atoms with Crippen molar-refractivity contribution in [2.75, 3.05) is 25.0 Å². The molecule has 7 nitrogen and oxygen atoms in total. The zero-order valence-electron chi connectivity index (χ0n) is 18.9. The largest absolute Gasteiger partial charge is 0.452 e. The zero-order valence-corrected chi connectivity index (χ0v) is 19.7. The van der Waals surface area contributed by atoms with Crippen molar-refractivity contribution in [3.63, 3.8) is 0 Å². The number of ether oxygens (including phenoxy) is 1. The summed E-state index contributed by atoms with van der Waals surface area (Å²) >= 11 is 0. The molecule has 0 radical (unpaired) electrons. The second kappa shape index (κ2) is 9.83. The van der Waals surface area contributed by atoms with Crippen molar-refractivity contribution < 1.29 is 22.7 Å². The third kappa shape index (κ3) is 5.55. The van der Waals surface area contributed by atoms with Crippen molar-refractivity contribution in [2.24, 2.45) is 11.8 Å². The minimum Gasteiger partial charge on any atom is -0.452 e. The Balaban J connectivity index is 1.61. The van der Waals surface area contributed by atoms with Gasteiger partial charge in [-0.2, -0.15) is 4.31 Å². The molecular weight excluding hydrogens is 428 g/mol. The number of aryl methyl sites for hydroxylation is 2. The molecule has 8 heteroatoms. The number of carbonyl (C=O) groups excluding carboxylic acids is 2. The van der Waals surface area contributed by atoms with E-state index in [1.165, 1.54) is 28.6 Å². The first-order chi connectivity index (χ1) is 15.1. The molecule has 3 rings (SSSR count). The second-order valence-electron chi connectivity index (χ2n) is 8.68. The van der Waals surface area contributed by atoms with E-state index in [1.54, 1.807) is 0 Å². The van der Waals surface area contributed by atoms with Gasteiger partial charge < -0.3 is 10.1 Å². The third-order valence-electron chi connectivity index (χ3n) is 5.64. The number of amides is 1. The van der Waals surface area contributed by atoms with Crippen LogP contribution in [0.2, 0.25) is 0 Å². The van der Waals surface area contributed by atoms with Gasteiger partial charge in [0, 0.05) is 18.8 Å². The Morgan fingerprint density at radius 2 is 1.56 bits per heavy atom. The smallest absolute Gasteiger partial charge is 0.338 e. The third-order valence-corrected chi connectivity index (χ3v) is 7.49. The van der Waals surface area contributed by atoms with Crippen molar-refractivity contribution in [1.29, 1.82) is 0 Å². The number of anilines is 1. The second-order valence-corrected chi connectivity index (χ2v) is 10.6. The van der Waals surface area contributed by atoms with Gasteiger partial charge in [0.2, 0.25) is 10.0 Å². The molecule has 2 aromatic carbocycles. The van der Waals surface area contributed by atoms with Gasteiger partial charge in [0.1, 0.15) is 0 Å². The molecule has 172 valence electrons. The predicted octanol–water partition coefficient (Wildman–Crippen LogP) is 3.77. The van der Waals surface area contributed by atoms with E-state index in [4.69, 9.17) is 4.74 Å². The molecule has 2 unspecified atom stereocenters. The summed E-state index contributed by atoms with van der Waals surface area (Å²) in [5.74, 6) is -0.524. The fraction of sp³-hybridized carbons (Fsp3) is 0.417. The first-order valence-electron chi connectivity index (χ1n) is 10.7. The van der Waals surface area contributed by atoms with Crippen molar-refractivity contribution in [3.05, 3.63) is 59.2 Å². The van der Waals surface area contributed by atoms with Crippen molar-refractivity contribution in [2.45, 2.75) is 39.0 Å². The van der Waals surface area contributed by atoms with Gasteiger partial charge in [-0.25, -0.2) is 13.2 Å². The number of nitrogens with one attached hydrogen (secondary N) is 1. The number of benzene rings is 2. The molecule has 0 aromatic heterocycles. The Morgan fingerprint density at radius 3 is 2.12 bits per heavy atom. The molecule has 1 aliphatic rings. The molecule has 2 atom stereocenters. The molecule has 0 spiro atoms. The number of rotatable bonds is 6. The molecule has 2 aromatic rings. The quantitative estimate of drug-likeness (QED) is 0.666. The maximum Gasteiger partial charge on any atom is 0.338 e. The van der Waals surface area contributed by atoms with Gasteiger partial charge in [0.15, 0.2) is 6.61 Å². The minimum absolute atomic E-state index is 0.142. The normalized spacial score (nSPS) is 19.4. The van der Waals surface area contributed by atoms with Crippen LogP contribution in [0.4, 0.5) is 5.69 Å². The van der Waals surface area contributed by atoms with E-state index in [1.807, 2.05) is 45.9 Å². The SMILES string of the molecule is Cc1cccc(C)c1NC(=O)COC(=O)c1ccc(S(=O)(=O)N2CC(C)CC(C)C2)cc1. The Hall–Kier alpha value is -2.71. The van der Waals surface area contributed by atoms with Crippen LogP contribution < -0.4 is 5.32 Å². The van der Waals surface area contributed by atoms with Gasteiger partial charge in [-0.3, -0.25) is 4.79 Å². The van der Waals surface area contributed by atoms with E-state index < -0.39 is 28.5 Å². The Bertz CT molecular complexity index is 1070. The molecule has 1 saturated heterocycles. The summed E-state index contributed by atoms with van der Waals surface area (Å²) in [7, 11) is -3.62. The maximum atomic E-state index is 13.0. The lowest BCUT2D eigenvalue weighted by atomic mass is 9.94. The van der Waals surface area contributed by atoms with Gasteiger partial charge in [0.05, 0.1) is 10.5 Å². The molecule has 1 amide bonds. The van der Waals surface area contributed by atoms with Crippen LogP contribution in [-0.4, -0.2) is 44.3 Å². The average molecular weight is 459 g/mol. The van der Waals surface area contributed by atoms with E-state index in [-0.39, 0.29) is 10.5 Å². The molecule has 1 N–H and O–H groups in total. The van der Waals surface area contributed by atoms with E-state index >= 15 is 0 Å². The molecule has 32 heavy (non-hydrogen) atoms. The fourth-order valence-corrected chi connectivity index (χ4v) is 5.80.